The maximum absolute atomic E-state index is 11.0. The second-order valence-corrected chi connectivity index (χ2v) is 3.10. The fraction of sp³-hybridized carbons (Fsp3) is 0.556. The average molecular weight is 200 g/mol. The number of rotatable bonds is 5. The van der Waals surface area contributed by atoms with Crippen molar-refractivity contribution in [2.75, 3.05) is 13.7 Å². The minimum Gasteiger partial charge on any atom is -0.481 e. The summed E-state index contributed by atoms with van der Waals surface area (Å²) in [4.78, 5) is 21.8. The zero-order valence-corrected chi connectivity index (χ0v) is 7.86. The van der Waals surface area contributed by atoms with Gasteiger partial charge in [0.05, 0.1) is 25.7 Å². The number of carboxylic acid groups (broad SMARTS) is 1. The Bertz CT molecular complexity index is 266. The SMILES string of the molecule is C=C(C(=O)OC)C(CC1CO1)C(=O)O. The largest absolute Gasteiger partial charge is 0.481 e. The number of hydrogen-bond acceptors (Lipinski definition) is 4. The highest BCUT2D eigenvalue weighted by molar-refractivity contribution is 5.94. The molecule has 0 aliphatic carbocycles. The van der Waals surface area contributed by atoms with Gasteiger partial charge < -0.3 is 14.6 Å². The standard InChI is InChI=1S/C9H12O5/c1-5(9(12)13-2)7(8(10)11)3-6-4-14-6/h6-7H,1,3-4H2,2H3,(H,10,11). The van der Waals surface area contributed by atoms with E-state index < -0.39 is 17.9 Å². The molecule has 2 atom stereocenters. The van der Waals surface area contributed by atoms with Gasteiger partial charge in [0.1, 0.15) is 0 Å². The number of epoxide rings is 1. The van der Waals surface area contributed by atoms with Gasteiger partial charge in [-0.15, -0.1) is 0 Å². The molecule has 0 bridgehead atoms. The van der Waals surface area contributed by atoms with Crippen LogP contribution in [0.5, 0.6) is 0 Å². The predicted molar refractivity (Wildman–Crippen MR) is 46.6 cm³/mol. The molecule has 1 heterocycles. The number of methoxy groups -OCH3 is 1. The Hall–Kier alpha value is -1.36. The van der Waals surface area contributed by atoms with Crippen LogP contribution >= 0.6 is 0 Å². The van der Waals surface area contributed by atoms with Crippen LogP contribution in [0.15, 0.2) is 12.2 Å². The summed E-state index contributed by atoms with van der Waals surface area (Å²) in [5.74, 6) is -2.66. The molecule has 5 heteroatoms. The molecule has 0 aromatic carbocycles. The summed E-state index contributed by atoms with van der Waals surface area (Å²) in [7, 11) is 1.19. The van der Waals surface area contributed by atoms with Crippen molar-refractivity contribution in [1.82, 2.24) is 0 Å². The van der Waals surface area contributed by atoms with Crippen LogP contribution in [0, 0.1) is 5.92 Å². The highest BCUT2D eigenvalue weighted by Gasteiger charge is 2.34. The third-order valence-electron chi connectivity index (χ3n) is 2.07. The molecule has 1 aliphatic heterocycles. The number of carboxylic acids is 1. The molecule has 0 saturated carbocycles. The smallest absolute Gasteiger partial charge is 0.334 e. The number of esters is 1. The predicted octanol–water partition coefficient (Wildman–Crippen LogP) is 0.205. The summed E-state index contributed by atoms with van der Waals surface area (Å²) >= 11 is 0. The second-order valence-electron chi connectivity index (χ2n) is 3.10. The Labute approximate surface area is 81.3 Å². The van der Waals surface area contributed by atoms with Crippen LogP contribution < -0.4 is 0 Å². The lowest BCUT2D eigenvalue weighted by atomic mass is 9.95. The van der Waals surface area contributed by atoms with Gasteiger partial charge in [-0.1, -0.05) is 6.58 Å². The van der Waals surface area contributed by atoms with E-state index in [0.717, 1.165) is 0 Å². The lowest BCUT2D eigenvalue weighted by molar-refractivity contribution is -0.145. The molecule has 5 nitrogen and oxygen atoms in total. The maximum atomic E-state index is 11.0. The molecular formula is C9H12O5. The molecule has 0 aromatic heterocycles. The Kier molecular flexibility index (Phi) is 3.24. The highest BCUT2D eigenvalue weighted by Crippen LogP contribution is 2.24. The van der Waals surface area contributed by atoms with Crippen LogP contribution in [0.4, 0.5) is 0 Å². The maximum Gasteiger partial charge on any atom is 0.334 e. The molecule has 1 saturated heterocycles. The Balaban J connectivity index is 2.60. The normalized spacial score (nSPS) is 21.1. The summed E-state index contributed by atoms with van der Waals surface area (Å²) in [6, 6.07) is 0. The Morgan fingerprint density at radius 2 is 2.29 bits per heavy atom. The molecule has 0 amide bonds. The Morgan fingerprint density at radius 1 is 1.71 bits per heavy atom. The Morgan fingerprint density at radius 3 is 2.64 bits per heavy atom. The van der Waals surface area contributed by atoms with Gasteiger partial charge in [-0.25, -0.2) is 4.79 Å². The van der Waals surface area contributed by atoms with Crippen molar-refractivity contribution >= 4 is 11.9 Å². The van der Waals surface area contributed by atoms with Gasteiger partial charge >= 0.3 is 11.9 Å². The molecular weight excluding hydrogens is 188 g/mol. The zero-order valence-electron chi connectivity index (χ0n) is 7.86. The summed E-state index contributed by atoms with van der Waals surface area (Å²) in [6.07, 6.45) is 0.223. The van der Waals surface area contributed by atoms with Gasteiger partial charge in [-0.2, -0.15) is 0 Å². The first-order valence-corrected chi connectivity index (χ1v) is 4.17. The van der Waals surface area contributed by atoms with E-state index in [1.165, 1.54) is 7.11 Å². The average Bonchev–Trinajstić information content (AvgIpc) is 2.95. The quantitative estimate of drug-likeness (QED) is 0.390. The van der Waals surface area contributed by atoms with Crippen molar-refractivity contribution in [3.05, 3.63) is 12.2 Å². The van der Waals surface area contributed by atoms with Crippen molar-refractivity contribution in [3.63, 3.8) is 0 Å². The third-order valence-corrected chi connectivity index (χ3v) is 2.07. The fourth-order valence-electron chi connectivity index (χ4n) is 1.13. The van der Waals surface area contributed by atoms with Crippen LogP contribution in [0.3, 0.4) is 0 Å². The van der Waals surface area contributed by atoms with Gasteiger partial charge in [0, 0.05) is 5.57 Å². The van der Waals surface area contributed by atoms with E-state index in [-0.39, 0.29) is 18.1 Å². The number of aliphatic carboxylic acids is 1. The molecule has 1 fully saturated rings. The first-order chi connectivity index (χ1) is 6.56. The molecule has 1 aliphatic rings. The summed E-state index contributed by atoms with van der Waals surface area (Å²) in [5.41, 5.74) is -0.0319. The van der Waals surface area contributed by atoms with Crippen LogP contribution in [0.25, 0.3) is 0 Å². The van der Waals surface area contributed by atoms with Crippen molar-refractivity contribution in [1.29, 1.82) is 0 Å². The molecule has 14 heavy (non-hydrogen) atoms. The van der Waals surface area contributed by atoms with Crippen LogP contribution in [-0.2, 0) is 19.1 Å². The molecule has 1 N–H and O–H groups in total. The van der Waals surface area contributed by atoms with E-state index in [1.807, 2.05) is 0 Å². The molecule has 2 unspecified atom stereocenters. The molecule has 1 rings (SSSR count). The molecule has 0 radical (unpaired) electrons. The molecule has 78 valence electrons. The van der Waals surface area contributed by atoms with E-state index in [2.05, 4.69) is 11.3 Å². The topological polar surface area (TPSA) is 76.1 Å². The van der Waals surface area contributed by atoms with Crippen molar-refractivity contribution in [2.24, 2.45) is 5.92 Å². The third kappa shape index (κ3) is 2.56. The minimum atomic E-state index is -1.07. The number of carbonyl (C=O) groups excluding carboxylic acids is 1. The number of ether oxygens (including phenoxy) is 2. The lowest BCUT2D eigenvalue weighted by Crippen LogP contribution is -2.23. The van der Waals surface area contributed by atoms with Crippen molar-refractivity contribution in [2.45, 2.75) is 12.5 Å². The van der Waals surface area contributed by atoms with Gasteiger partial charge in [0.15, 0.2) is 0 Å². The van der Waals surface area contributed by atoms with Crippen molar-refractivity contribution in [3.8, 4) is 0 Å². The summed E-state index contributed by atoms with van der Waals surface area (Å²) in [5, 5.41) is 8.84. The lowest BCUT2D eigenvalue weighted by Gasteiger charge is -2.11. The van der Waals surface area contributed by atoms with Crippen LogP contribution in [-0.4, -0.2) is 36.9 Å². The van der Waals surface area contributed by atoms with E-state index in [1.54, 1.807) is 0 Å². The number of hydrogen-bond donors (Lipinski definition) is 1. The first-order valence-electron chi connectivity index (χ1n) is 4.17. The zero-order chi connectivity index (χ0) is 10.7. The summed E-state index contributed by atoms with van der Waals surface area (Å²) in [6.45, 7) is 3.97. The van der Waals surface area contributed by atoms with Gasteiger partial charge in [-0.05, 0) is 6.42 Å². The van der Waals surface area contributed by atoms with E-state index in [0.29, 0.717) is 6.61 Å². The fourth-order valence-corrected chi connectivity index (χ4v) is 1.13. The molecule has 0 spiro atoms. The van der Waals surface area contributed by atoms with Crippen LogP contribution in [0.1, 0.15) is 6.42 Å². The molecule has 0 aromatic rings. The minimum absolute atomic E-state index is 0.0319. The highest BCUT2D eigenvalue weighted by atomic mass is 16.6. The van der Waals surface area contributed by atoms with Crippen molar-refractivity contribution < 1.29 is 24.2 Å². The van der Waals surface area contributed by atoms with Gasteiger partial charge in [-0.3, -0.25) is 4.79 Å². The second kappa shape index (κ2) is 4.23. The van der Waals surface area contributed by atoms with Gasteiger partial charge in [0.25, 0.3) is 0 Å². The first kappa shape index (κ1) is 10.7. The van der Waals surface area contributed by atoms with Crippen LogP contribution in [0.2, 0.25) is 0 Å². The van der Waals surface area contributed by atoms with Gasteiger partial charge in [0.2, 0.25) is 0 Å². The summed E-state index contributed by atoms with van der Waals surface area (Å²) < 4.78 is 9.30. The number of carbonyl (C=O) groups is 2. The van der Waals surface area contributed by atoms with E-state index in [4.69, 9.17) is 9.84 Å². The monoisotopic (exact) mass is 200 g/mol. The van der Waals surface area contributed by atoms with E-state index >= 15 is 0 Å². The van der Waals surface area contributed by atoms with E-state index in [9.17, 15) is 9.59 Å².